The Morgan fingerprint density at radius 1 is 2.00 bits per heavy atom. The minimum Gasteiger partial charge on any atom is -0.327 e. The standard InChI is InChI=1S/C2H5BrFN/c3-2(4)1-5/h2H,1,5H2. The Kier molecular flexibility index (Phi) is 2.79. The molecular formula is C2H5BrFN. The molecule has 0 aliphatic heterocycles. The highest BCUT2D eigenvalue weighted by Gasteiger charge is 1.88. The van der Waals surface area contributed by atoms with E-state index in [0.717, 1.165) is 0 Å². The maximum atomic E-state index is 11.2. The molecular weight excluding hydrogens is 137 g/mol. The maximum absolute atomic E-state index is 11.2. The summed E-state index contributed by atoms with van der Waals surface area (Å²) in [6.45, 7) is 0.0556. The molecule has 0 aromatic heterocycles. The van der Waals surface area contributed by atoms with Gasteiger partial charge in [-0.05, 0) is 0 Å². The van der Waals surface area contributed by atoms with Crippen molar-refractivity contribution in [1.82, 2.24) is 0 Å². The van der Waals surface area contributed by atoms with Crippen LogP contribution in [-0.2, 0) is 0 Å². The molecule has 1 nitrogen and oxygen atoms in total. The number of hydrogen-bond acceptors (Lipinski definition) is 1. The van der Waals surface area contributed by atoms with E-state index in [9.17, 15) is 4.39 Å². The molecule has 0 radical (unpaired) electrons. The van der Waals surface area contributed by atoms with Crippen LogP contribution in [0.15, 0.2) is 0 Å². The van der Waals surface area contributed by atoms with Crippen LogP contribution in [0, 0.1) is 0 Å². The van der Waals surface area contributed by atoms with Gasteiger partial charge in [0, 0.05) is 6.54 Å². The highest BCUT2D eigenvalue weighted by molar-refractivity contribution is 9.09. The molecule has 1 unspecified atom stereocenters. The molecule has 0 fully saturated rings. The predicted octanol–water partition coefficient (Wildman–Crippen LogP) is 0.636. The van der Waals surface area contributed by atoms with Crippen molar-refractivity contribution in [3.05, 3.63) is 0 Å². The van der Waals surface area contributed by atoms with Crippen LogP contribution in [-0.4, -0.2) is 11.6 Å². The van der Waals surface area contributed by atoms with Gasteiger partial charge in [-0.25, -0.2) is 4.39 Å². The van der Waals surface area contributed by atoms with Crippen molar-refractivity contribution >= 4 is 15.9 Å². The first-order valence-corrected chi connectivity index (χ1v) is 2.17. The molecule has 0 heterocycles. The summed E-state index contributed by atoms with van der Waals surface area (Å²) in [7, 11) is 0. The molecule has 5 heavy (non-hydrogen) atoms. The topological polar surface area (TPSA) is 26.0 Å². The zero-order valence-corrected chi connectivity index (χ0v) is 4.20. The molecule has 0 aliphatic rings. The van der Waals surface area contributed by atoms with E-state index < -0.39 is 5.08 Å². The second-order valence-electron chi connectivity index (χ2n) is 0.627. The molecule has 0 spiro atoms. The van der Waals surface area contributed by atoms with Crippen molar-refractivity contribution in [2.45, 2.75) is 5.08 Å². The van der Waals surface area contributed by atoms with Gasteiger partial charge in [-0.1, -0.05) is 15.9 Å². The molecule has 0 aromatic carbocycles. The number of rotatable bonds is 1. The first-order chi connectivity index (χ1) is 2.27. The molecule has 0 bridgehead atoms. The van der Waals surface area contributed by atoms with E-state index in [1.54, 1.807) is 0 Å². The van der Waals surface area contributed by atoms with E-state index in [-0.39, 0.29) is 6.54 Å². The fourth-order valence-electron chi connectivity index (χ4n) is 0. The van der Waals surface area contributed by atoms with Gasteiger partial charge < -0.3 is 5.73 Å². The summed E-state index contributed by atoms with van der Waals surface area (Å²) in [5, 5.41) is -1.03. The first-order valence-electron chi connectivity index (χ1n) is 1.25. The van der Waals surface area contributed by atoms with Gasteiger partial charge in [0.1, 0.15) is 0 Å². The van der Waals surface area contributed by atoms with E-state index >= 15 is 0 Å². The van der Waals surface area contributed by atoms with Crippen LogP contribution in [0.5, 0.6) is 0 Å². The average Bonchev–Trinajstić information content (AvgIpc) is 1.38. The number of alkyl halides is 2. The maximum Gasteiger partial charge on any atom is 0.167 e. The summed E-state index contributed by atoms with van der Waals surface area (Å²) in [6, 6.07) is 0. The Bertz CT molecular complexity index is 23.6. The quantitative estimate of drug-likeness (QED) is 0.534. The number of hydrogen-bond donors (Lipinski definition) is 1. The molecule has 0 amide bonds. The Morgan fingerprint density at radius 2 is 2.20 bits per heavy atom. The lowest BCUT2D eigenvalue weighted by molar-refractivity contribution is 0.469. The Morgan fingerprint density at radius 3 is 2.20 bits per heavy atom. The summed E-state index contributed by atoms with van der Waals surface area (Å²) in [4.78, 5) is 0. The molecule has 32 valence electrons. The monoisotopic (exact) mass is 141 g/mol. The van der Waals surface area contributed by atoms with E-state index in [1.165, 1.54) is 0 Å². The summed E-state index contributed by atoms with van der Waals surface area (Å²) in [6.07, 6.45) is 0. The van der Waals surface area contributed by atoms with Crippen LogP contribution in [0.2, 0.25) is 0 Å². The van der Waals surface area contributed by atoms with E-state index in [1.807, 2.05) is 0 Å². The smallest absolute Gasteiger partial charge is 0.167 e. The Hall–Kier alpha value is 0.370. The summed E-state index contributed by atoms with van der Waals surface area (Å²) < 4.78 is 11.2. The molecule has 1 atom stereocenters. The summed E-state index contributed by atoms with van der Waals surface area (Å²) >= 11 is 2.58. The minimum atomic E-state index is -1.03. The highest BCUT2D eigenvalue weighted by atomic mass is 79.9. The SMILES string of the molecule is NCC(F)Br. The van der Waals surface area contributed by atoms with Gasteiger partial charge in [-0.3, -0.25) is 0 Å². The number of nitrogens with two attached hydrogens (primary N) is 1. The third-order valence-electron chi connectivity index (χ3n) is 0.178. The van der Waals surface area contributed by atoms with Crippen molar-refractivity contribution in [2.75, 3.05) is 6.54 Å². The van der Waals surface area contributed by atoms with Crippen LogP contribution in [0.4, 0.5) is 4.39 Å². The third kappa shape index (κ3) is 4.37. The molecule has 0 aliphatic carbocycles. The second kappa shape index (κ2) is 2.60. The molecule has 0 saturated carbocycles. The Labute approximate surface area is 38.5 Å². The van der Waals surface area contributed by atoms with Crippen LogP contribution in [0.1, 0.15) is 0 Å². The van der Waals surface area contributed by atoms with Crippen LogP contribution >= 0.6 is 15.9 Å². The van der Waals surface area contributed by atoms with Crippen molar-refractivity contribution in [1.29, 1.82) is 0 Å². The molecule has 2 N–H and O–H groups in total. The van der Waals surface area contributed by atoms with Crippen molar-refractivity contribution in [3.8, 4) is 0 Å². The number of halogens is 2. The average molecular weight is 142 g/mol. The van der Waals surface area contributed by atoms with Crippen molar-refractivity contribution in [2.24, 2.45) is 5.73 Å². The van der Waals surface area contributed by atoms with E-state index in [0.29, 0.717) is 0 Å². The van der Waals surface area contributed by atoms with Gasteiger partial charge in [0.05, 0.1) is 0 Å². The normalized spacial score (nSPS) is 15.0. The fraction of sp³-hybridized carbons (Fsp3) is 1.00. The summed E-state index contributed by atoms with van der Waals surface area (Å²) in [5.41, 5.74) is 4.75. The molecule has 3 heteroatoms. The predicted molar refractivity (Wildman–Crippen MR) is 22.9 cm³/mol. The fourth-order valence-corrected chi connectivity index (χ4v) is 0. The summed E-state index contributed by atoms with van der Waals surface area (Å²) in [5.74, 6) is 0. The van der Waals surface area contributed by atoms with E-state index in [2.05, 4.69) is 15.9 Å². The zero-order chi connectivity index (χ0) is 4.28. The highest BCUT2D eigenvalue weighted by Crippen LogP contribution is 1.93. The minimum absolute atomic E-state index is 0.0556. The van der Waals surface area contributed by atoms with Gasteiger partial charge in [0.15, 0.2) is 5.08 Å². The van der Waals surface area contributed by atoms with Gasteiger partial charge in [-0.15, -0.1) is 0 Å². The molecule has 0 aromatic rings. The lowest BCUT2D eigenvalue weighted by atomic mass is 10.8. The van der Waals surface area contributed by atoms with Gasteiger partial charge >= 0.3 is 0 Å². The zero-order valence-electron chi connectivity index (χ0n) is 2.62. The van der Waals surface area contributed by atoms with Gasteiger partial charge in [0.25, 0.3) is 0 Å². The van der Waals surface area contributed by atoms with Gasteiger partial charge in [-0.2, -0.15) is 0 Å². The van der Waals surface area contributed by atoms with Crippen molar-refractivity contribution < 1.29 is 4.39 Å². The largest absolute Gasteiger partial charge is 0.327 e. The first kappa shape index (κ1) is 5.37. The molecule has 0 rings (SSSR count). The molecule has 0 saturated heterocycles. The van der Waals surface area contributed by atoms with Crippen molar-refractivity contribution in [3.63, 3.8) is 0 Å². The third-order valence-corrected chi connectivity index (χ3v) is 0.552. The van der Waals surface area contributed by atoms with E-state index in [4.69, 9.17) is 5.73 Å². The van der Waals surface area contributed by atoms with Crippen LogP contribution in [0.3, 0.4) is 0 Å². The Balaban J connectivity index is 2.54. The van der Waals surface area contributed by atoms with Gasteiger partial charge in [0.2, 0.25) is 0 Å². The lowest BCUT2D eigenvalue weighted by Gasteiger charge is -1.84. The van der Waals surface area contributed by atoms with Crippen LogP contribution in [0.25, 0.3) is 0 Å². The second-order valence-corrected chi connectivity index (χ2v) is 1.62. The van der Waals surface area contributed by atoms with Crippen LogP contribution < -0.4 is 5.73 Å². The lowest BCUT2D eigenvalue weighted by Crippen LogP contribution is -2.06.